The molecule has 2 N–H and O–H groups in total. The predicted octanol–water partition coefficient (Wildman–Crippen LogP) is 2.56. The molecule has 0 unspecified atom stereocenters. The van der Waals surface area contributed by atoms with Crippen LogP contribution in [-0.2, 0) is 9.84 Å². The number of carbonyl (C=O) groups excluding carboxylic acids is 1. The molecule has 20 heavy (non-hydrogen) atoms. The maximum absolute atomic E-state index is 12.3. The lowest BCUT2D eigenvalue weighted by Crippen LogP contribution is -2.23. The smallest absolute Gasteiger partial charge is 0.183 e. The van der Waals surface area contributed by atoms with E-state index in [0.29, 0.717) is 29.4 Å². The SMILES string of the molecule is CCC(=O)c1sc(N(CC)CC)c(S(=O)(=O)CC)c1N. The van der Waals surface area contributed by atoms with Gasteiger partial charge in [0.05, 0.1) is 16.3 Å². The molecule has 7 heteroatoms. The van der Waals surface area contributed by atoms with E-state index in [2.05, 4.69) is 0 Å². The van der Waals surface area contributed by atoms with Crippen LogP contribution < -0.4 is 10.6 Å². The maximum atomic E-state index is 12.3. The minimum absolute atomic E-state index is 0.0258. The summed E-state index contributed by atoms with van der Waals surface area (Å²) in [5.74, 6) is -0.138. The second kappa shape index (κ2) is 6.58. The summed E-state index contributed by atoms with van der Waals surface area (Å²) >= 11 is 1.19. The van der Waals surface area contributed by atoms with Crippen molar-refractivity contribution < 1.29 is 13.2 Å². The molecule has 0 bridgehead atoms. The predicted molar refractivity (Wildman–Crippen MR) is 84.6 cm³/mol. The fourth-order valence-electron chi connectivity index (χ4n) is 1.95. The van der Waals surface area contributed by atoms with Crippen LogP contribution in [0, 0.1) is 0 Å². The van der Waals surface area contributed by atoms with E-state index in [1.165, 1.54) is 11.3 Å². The Labute approximate surface area is 124 Å². The van der Waals surface area contributed by atoms with Gasteiger partial charge in [-0.25, -0.2) is 8.42 Å². The number of hydrogen-bond acceptors (Lipinski definition) is 6. The van der Waals surface area contributed by atoms with Crippen LogP contribution in [0.2, 0.25) is 0 Å². The van der Waals surface area contributed by atoms with E-state index >= 15 is 0 Å². The van der Waals surface area contributed by atoms with Crippen LogP contribution in [-0.4, -0.2) is 33.0 Å². The lowest BCUT2D eigenvalue weighted by molar-refractivity contribution is 0.0992. The highest BCUT2D eigenvalue weighted by atomic mass is 32.2. The van der Waals surface area contributed by atoms with Crippen molar-refractivity contribution in [2.75, 3.05) is 29.5 Å². The van der Waals surface area contributed by atoms with Crippen LogP contribution in [0.5, 0.6) is 0 Å². The number of nitrogens with zero attached hydrogens (tertiary/aromatic N) is 1. The van der Waals surface area contributed by atoms with Crippen LogP contribution in [0.1, 0.15) is 43.8 Å². The van der Waals surface area contributed by atoms with E-state index in [1.807, 2.05) is 18.7 Å². The van der Waals surface area contributed by atoms with Gasteiger partial charge in [-0.05, 0) is 13.8 Å². The van der Waals surface area contributed by atoms with E-state index in [9.17, 15) is 13.2 Å². The Morgan fingerprint density at radius 2 is 1.75 bits per heavy atom. The highest BCUT2D eigenvalue weighted by Crippen LogP contribution is 2.42. The van der Waals surface area contributed by atoms with Gasteiger partial charge in [0.15, 0.2) is 15.6 Å². The van der Waals surface area contributed by atoms with Crippen molar-refractivity contribution in [3.05, 3.63) is 4.88 Å². The van der Waals surface area contributed by atoms with Gasteiger partial charge >= 0.3 is 0 Å². The van der Waals surface area contributed by atoms with Crippen molar-refractivity contribution in [3.8, 4) is 0 Å². The molecule has 0 saturated heterocycles. The Balaban J connectivity index is 3.61. The zero-order valence-corrected chi connectivity index (χ0v) is 14.0. The number of nitrogens with two attached hydrogens (primary N) is 1. The van der Waals surface area contributed by atoms with Crippen molar-refractivity contribution in [3.63, 3.8) is 0 Å². The second-order valence-corrected chi connectivity index (χ2v) is 7.55. The van der Waals surface area contributed by atoms with E-state index in [-0.39, 0.29) is 22.1 Å². The van der Waals surface area contributed by atoms with Crippen LogP contribution in [0.15, 0.2) is 4.90 Å². The second-order valence-electron chi connectivity index (χ2n) is 4.33. The lowest BCUT2D eigenvalue weighted by Gasteiger charge is -2.20. The number of hydrogen-bond donors (Lipinski definition) is 1. The Morgan fingerprint density at radius 3 is 2.15 bits per heavy atom. The average Bonchev–Trinajstić information content (AvgIpc) is 2.77. The fourth-order valence-corrected chi connectivity index (χ4v) is 4.89. The third kappa shape index (κ3) is 2.98. The van der Waals surface area contributed by atoms with Gasteiger partial charge in [0, 0.05) is 19.5 Å². The largest absolute Gasteiger partial charge is 0.396 e. The first-order valence-corrected chi connectivity index (χ1v) is 9.23. The van der Waals surface area contributed by atoms with Crippen LogP contribution in [0.3, 0.4) is 0 Å². The van der Waals surface area contributed by atoms with Gasteiger partial charge in [0.25, 0.3) is 0 Å². The Kier molecular flexibility index (Phi) is 5.59. The topological polar surface area (TPSA) is 80.5 Å². The highest BCUT2D eigenvalue weighted by Gasteiger charge is 2.29. The zero-order chi connectivity index (χ0) is 15.5. The number of carbonyl (C=O) groups is 1. The van der Waals surface area contributed by atoms with E-state index in [4.69, 9.17) is 5.73 Å². The van der Waals surface area contributed by atoms with Crippen molar-refractivity contribution >= 4 is 37.6 Å². The molecule has 1 aromatic heterocycles. The molecule has 1 heterocycles. The van der Waals surface area contributed by atoms with Crippen LogP contribution in [0.25, 0.3) is 0 Å². The minimum Gasteiger partial charge on any atom is -0.396 e. The summed E-state index contributed by atoms with van der Waals surface area (Å²) in [5.41, 5.74) is 6.09. The summed E-state index contributed by atoms with van der Waals surface area (Å²) in [6.45, 7) is 8.56. The number of sulfone groups is 1. The Morgan fingerprint density at radius 1 is 1.20 bits per heavy atom. The average molecular weight is 318 g/mol. The number of anilines is 2. The van der Waals surface area contributed by atoms with Gasteiger partial charge in [0.2, 0.25) is 0 Å². The Hall–Kier alpha value is -1.08. The summed E-state index contributed by atoms with van der Waals surface area (Å²) in [4.78, 5) is 14.4. The molecule has 0 spiro atoms. The molecule has 0 amide bonds. The third-order valence-corrected chi connectivity index (χ3v) is 6.43. The van der Waals surface area contributed by atoms with Crippen molar-refractivity contribution in [2.24, 2.45) is 0 Å². The normalized spacial score (nSPS) is 11.6. The summed E-state index contributed by atoms with van der Waals surface area (Å²) < 4.78 is 24.6. The maximum Gasteiger partial charge on any atom is 0.183 e. The molecule has 0 fully saturated rings. The Bertz CT molecular complexity index is 587. The molecule has 0 aliphatic heterocycles. The number of nitrogen functional groups attached to an aromatic ring is 1. The summed E-state index contributed by atoms with van der Waals surface area (Å²) in [7, 11) is -3.45. The molecule has 0 saturated carbocycles. The number of Topliss-reactive ketones (excluding diaryl/α,β-unsaturated/α-hetero) is 1. The molecule has 5 nitrogen and oxygen atoms in total. The van der Waals surface area contributed by atoms with Gasteiger partial charge in [-0.1, -0.05) is 13.8 Å². The van der Waals surface area contributed by atoms with Gasteiger partial charge in [-0.15, -0.1) is 11.3 Å². The molecular formula is C13H22N2O3S2. The van der Waals surface area contributed by atoms with Crippen molar-refractivity contribution in [2.45, 2.75) is 39.0 Å². The molecular weight excluding hydrogens is 296 g/mol. The molecule has 0 aromatic carbocycles. The number of thiophene rings is 1. The third-order valence-electron chi connectivity index (χ3n) is 3.20. The molecule has 1 rings (SSSR count). The monoisotopic (exact) mass is 318 g/mol. The van der Waals surface area contributed by atoms with E-state index < -0.39 is 9.84 Å². The van der Waals surface area contributed by atoms with Crippen LogP contribution >= 0.6 is 11.3 Å². The molecule has 0 atom stereocenters. The minimum atomic E-state index is -3.45. The summed E-state index contributed by atoms with van der Waals surface area (Å²) in [6.07, 6.45) is 0.314. The molecule has 114 valence electrons. The first-order valence-electron chi connectivity index (χ1n) is 6.77. The number of rotatable bonds is 7. The first-order chi connectivity index (χ1) is 9.33. The molecule has 0 aliphatic carbocycles. The first kappa shape index (κ1) is 17.0. The summed E-state index contributed by atoms with van der Waals surface area (Å²) in [6, 6.07) is 0. The number of ketones is 1. The highest BCUT2D eigenvalue weighted by molar-refractivity contribution is 7.92. The molecule has 0 radical (unpaired) electrons. The van der Waals surface area contributed by atoms with Crippen molar-refractivity contribution in [1.82, 2.24) is 0 Å². The lowest BCUT2D eigenvalue weighted by atomic mass is 10.2. The standard InChI is InChI=1S/C13H22N2O3S2/c1-5-9(16)11-10(14)12(20(17,18)8-4)13(19-11)15(6-2)7-3/h5-8,14H2,1-4H3. The van der Waals surface area contributed by atoms with E-state index in [1.54, 1.807) is 13.8 Å². The zero-order valence-electron chi connectivity index (χ0n) is 12.4. The van der Waals surface area contributed by atoms with Crippen LogP contribution in [0.4, 0.5) is 10.7 Å². The molecule has 1 aromatic rings. The fraction of sp³-hybridized carbons (Fsp3) is 0.615. The van der Waals surface area contributed by atoms with E-state index in [0.717, 1.165) is 0 Å². The van der Waals surface area contributed by atoms with Gasteiger partial charge in [-0.3, -0.25) is 4.79 Å². The van der Waals surface area contributed by atoms with Gasteiger partial charge < -0.3 is 10.6 Å². The van der Waals surface area contributed by atoms with Gasteiger partial charge in [0.1, 0.15) is 9.90 Å². The van der Waals surface area contributed by atoms with Crippen molar-refractivity contribution in [1.29, 1.82) is 0 Å². The molecule has 0 aliphatic rings. The quantitative estimate of drug-likeness (QED) is 0.781. The van der Waals surface area contributed by atoms with Gasteiger partial charge in [-0.2, -0.15) is 0 Å². The summed E-state index contributed by atoms with van der Waals surface area (Å²) in [5, 5.41) is 0.589.